The average Bonchev–Trinajstić information content (AvgIpc) is 3.11. The van der Waals surface area contributed by atoms with Crippen molar-refractivity contribution in [3.63, 3.8) is 0 Å². The number of alkyl halides is 2. The molecule has 1 aromatic carbocycles. The van der Waals surface area contributed by atoms with Crippen molar-refractivity contribution in [3.05, 3.63) is 30.2 Å². The van der Waals surface area contributed by atoms with Gasteiger partial charge in [0.05, 0.1) is 24.5 Å². The molecule has 5 N–H and O–H groups in total. The molecule has 2 bridgehead atoms. The van der Waals surface area contributed by atoms with Gasteiger partial charge in [0.25, 0.3) is 5.91 Å². The Morgan fingerprint density at radius 2 is 2.22 bits per heavy atom. The molecule has 0 spiro atoms. The van der Waals surface area contributed by atoms with Crippen LogP contribution in [0.2, 0.25) is 0 Å². The Balaban J connectivity index is 2.06. The van der Waals surface area contributed by atoms with Gasteiger partial charge in [-0.05, 0) is 31.0 Å². The normalized spacial score (nSPS) is 19.1. The largest absolute Gasteiger partial charge is 0.453 e. The van der Waals surface area contributed by atoms with E-state index < -0.39 is 30.4 Å². The van der Waals surface area contributed by atoms with Gasteiger partial charge < -0.3 is 20.8 Å². The van der Waals surface area contributed by atoms with Gasteiger partial charge >= 0.3 is 12.0 Å². The molecule has 3 rings (SSSR count). The second-order valence-corrected chi connectivity index (χ2v) is 6.21. The van der Waals surface area contributed by atoms with Crippen LogP contribution in [0.3, 0.4) is 0 Å². The average molecular weight is 379 g/mol. The first-order valence-corrected chi connectivity index (χ1v) is 8.29. The molecule has 0 fully saturated rings. The summed E-state index contributed by atoms with van der Waals surface area (Å²) in [6, 6.07) is 3.91. The monoisotopic (exact) mass is 379 g/mol. The number of halogens is 2. The van der Waals surface area contributed by atoms with E-state index in [0.717, 1.165) is 0 Å². The van der Waals surface area contributed by atoms with Gasteiger partial charge in [0.2, 0.25) is 0 Å². The number of methoxy groups -OCH3 is 1. The second-order valence-electron chi connectivity index (χ2n) is 6.21. The molecule has 2 heterocycles. The number of H-pyrrole nitrogens is 1. The number of fused-ring (bicyclic) bond motifs is 4. The Morgan fingerprint density at radius 3 is 2.96 bits per heavy atom. The van der Waals surface area contributed by atoms with Gasteiger partial charge in [0.1, 0.15) is 5.82 Å². The first-order valence-electron chi connectivity index (χ1n) is 8.29. The molecular weight excluding hydrogens is 360 g/mol. The van der Waals surface area contributed by atoms with E-state index >= 15 is 0 Å². The third kappa shape index (κ3) is 4.05. The van der Waals surface area contributed by atoms with Gasteiger partial charge in [0.15, 0.2) is 0 Å². The summed E-state index contributed by atoms with van der Waals surface area (Å²) in [5.74, 6) is -4.50. The van der Waals surface area contributed by atoms with E-state index in [9.17, 15) is 18.4 Å². The molecule has 0 saturated heterocycles. The minimum Gasteiger partial charge on any atom is -0.453 e. The van der Waals surface area contributed by atoms with Crippen LogP contribution in [0.5, 0.6) is 0 Å². The molecule has 27 heavy (non-hydrogen) atoms. The standard InChI is InChI=1S/C17H19F2N5O3/c1-27-16(26)22-9-4-5-10-12(7-9)24-15(25)17(18,19)6-2-3-11(20)14-21-8-13(10)23-14/h4-5,7-8,11H,2-3,6,20H2,1H3,(H,21,23)(H,22,26)(H,24,25)/t11-/m0/s1. The summed E-state index contributed by atoms with van der Waals surface area (Å²) < 4.78 is 32.9. The van der Waals surface area contributed by atoms with E-state index in [-0.39, 0.29) is 24.2 Å². The molecule has 2 amide bonds. The Labute approximate surface area is 153 Å². The van der Waals surface area contributed by atoms with Crippen LogP contribution in [-0.2, 0) is 9.53 Å². The van der Waals surface area contributed by atoms with Crippen molar-refractivity contribution in [3.8, 4) is 11.3 Å². The summed E-state index contributed by atoms with van der Waals surface area (Å²) in [7, 11) is 1.19. The second kappa shape index (κ2) is 7.31. The predicted molar refractivity (Wildman–Crippen MR) is 94.4 cm³/mol. The SMILES string of the molecule is COC(=O)Nc1ccc2c(c1)NC(=O)C(F)(F)CCC[C@H](N)c1nc-2c[nH]1. The number of carbonyl (C=O) groups excluding carboxylic acids is 2. The number of nitrogens with one attached hydrogen (secondary N) is 3. The zero-order valence-electron chi connectivity index (χ0n) is 14.5. The maximum atomic E-state index is 14.2. The Hall–Kier alpha value is -3.01. The number of carbonyl (C=O) groups is 2. The fourth-order valence-corrected chi connectivity index (χ4v) is 2.79. The van der Waals surface area contributed by atoms with Crippen LogP contribution in [0.1, 0.15) is 31.1 Å². The number of hydrogen-bond acceptors (Lipinski definition) is 5. The lowest BCUT2D eigenvalue weighted by molar-refractivity contribution is -0.140. The number of imidazole rings is 1. The van der Waals surface area contributed by atoms with Crippen molar-refractivity contribution in [2.24, 2.45) is 5.73 Å². The third-order valence-corrected chi connectivity index (χ3v) is 4.26. The Morgan fingerprint density at radius 1 is 1.44 bits per heavy atom. The molecule has 144 valence electrons. The number of nitrogens with two attached hydrogens (primary N) is 1. The number of benzene rings is 1. The summed E-state index contributed by atoms with van der Waals surface area (Å²) >= 11 is 0. The van der Waals surface area contributed by atoms with E-state index in [1.807, 2.05) is 0 Å². The van der Waals surface area contributed by atoms with Crippen molar-refractivity contribution in [1.82, 2.24) is 9.97 Å². The molecule has 1 aliphatic heterocycles. The molecule has 2 aromatic rings. The maximum Gasteiger partial charge on any atom is 0.411 e. The van der Waals surface area contributed by atoms with Crippen LogP contribution in [0.15, 0.2) is 24.4 Å². The third-order valence-electron chi connectivity index (χ3n) is 4.26. The first kappa shape index (κ1) is 18.8. The zero-order chi connectivity index (χ0) is 19.6. The van der Waals surface area contributed by atoms with Crippen molar-refractivity contribution >= 4 is 23.4 Å². The number of hydrogen-bond donors (Lipinski definition) is 4. The fourth-order valence-electron chi connectivity index (χ4n) is 2.79. The van der Waals surface area contributed by atoms with Crippen LogP contribution in [0, 0.1) is 0 Å². The molecule has 1 aliphatic rings. The molecule has 0 radical (unpaired) electrons. The number of aromatic nitrogens is 2. The first-order chi connectivity index (χ1) is 12.8. The molecule has 0 aliphatic carbocycles. The van der Waals surface area contributed by atoms with Crippen molar-refractivity contribution in [2.75, 3.05) is 17.7 Å². The highest BCUT2D eigenvalue weighted by atomic mass is 19.3. The van der Waals surface area contributed by atoms with Crippen molar-refractivity contribution in [2.45, 2.75) is 31.2 Å². The molecule has 1 aromatic heterocycles. The van der Waals surface area contributed by atoms with E-state index in [2.05, 4.69) is 25.3 Å². The zero-order valence-corrected chi connectivity index (χ0v) is 14.5. The molecule has 1 atom stereocenters. The number of anilines is 2. The summed E-state index contributed by atoms with van der Waals surface area (Å²) in [4.78, 5) is 30.9. The van der Waals surface area contributed by atoms with E-state index in [0.29, 0.717) is 17.1 Å². The molecule has 8 nitrogen and oxygen atoms in total. The van der Waals surface area contributed by atoms with Crippen LogP contribution in [0.4, 0.5) is 25.0 Å². The van der Waals surface area contributed by atoms with Gasteiger partial charge in [-0.2, -0.15) is 8.78 Å². The number of nitrogens with zero attached hydrogens (tertiary/aromatic N) is 1. The van der Waals surface area contributed by atoms with E-state index in [4.69, 9.17) is 5.73 Å². The number of rotatable bonds is 1. The smallest absolute Gasteiger partial charge is 0.411 e. The number of ether oxygens (including phenoxy) is 1. The van der Waals surface area contributed by atoms with E-state index in [1.165, 1.54) is 13.2 Å². The maximum absolute atomic E-state index is 14.2. The molecular formula is C17H19F2N5O3. The number of aromatic amines is 1. The van der Waals surface area contributed by atoms with Gasteiger partial charge in [0, 0.05) is 23.9 Å². The lowest BCUT2D eigenvalue weighted by Crippen LogP contribution is -2.35. The number of amides is 2. The topological polar surface area (TPSA) is 122 Å². The Bertz CT molecular complexity index is 868. The summed E-state index contributed by atoms with van der Waals surface area (Å²) in [5.41, 5.74) is 7.19. The van der Waals surface area contributed by atoms with Gasteiger partial charge in [-0.25, -0.2) is 9.78 Å². The Kier molecular flexibility index (Phi) is 5.08. The van der Waals surface area contributed by atoms with Gasteiger partial charge in [-0.3, -0.25) is 10.1 Å². The minimum atomic E-state index is -3.55. The summed E-state index contributed by atoms with van der Waals surface area (Å²) in [6.45, 7) is 0. The predicted octanol–water partition coefficient (Wildman–Crippen LogP) is 3.01. The molecule has 0 unspecified atom stereocenters. The van der Waals surface area contributed by atoms with Crippen molar-refractivity contribution in [1.29, 1.82) is 0 Å². The van der Waals surface area contributed by atoms with Crippen molar-refractivity contribution < 1.29 is 23.1 Å². The summed E-state index contributed by atoms with van der Waals surface area (Å²) in [5, 5.41) is 4.67. The van der Waals surface area contributed by atoms with Crippen LogP contribution in [0.25, 0.3) is 11.3 Å². The lowest BCUT2D eigenvalue weighted by Gasteiger charge is -2.19. The van der Waals surface area contributed by atoms with Crippen LogP contribution >= 0.6 is 0 Å². The fraction of sp³-hybridized carbons (Fsp3) is 0.353. The molecule has 10 heteroatoms. The van der Waals surface area contributed by atoms with Gasteiger partial charge in [-0.1, -0.05) is 0 Å². The van der Waals surface area contributed by atoms with E-state index in [1.54, 1.807) is 18.3 Å². The highest BCUT2D eigenvalue weighted by Gasteiger charge is 2.39. The highest BCUT2D eigenvalue weighted by Crippen LogP contribution is 2.34. The quantitative estimate of drug-likeness (QED) is 0.607. The minimum absolute atomic E-state index is 0.0639. The lowest BCUT2D eigenvalue weighted by atomic mass is 10.0. The van der Waals surface area contributed by atoms with Crippen LogP contribution in [-0.4, -0.2) is 35.0 Å². The summed E-state index contributed by atoms with van der Waals surface area (Å²) in [6.07, 6.45) is 0.561. The van der Waals surface area contributed by atoms with Crippen LogP contribution < -0.4 is 16.4 Å². The van der Waals surface area contributed by atoms with Gasteiger partial charge in [-0.15, -0.1) is 0 Å². The highest BCUT2D eigenvalue weighted by molar-refractivity contribution is 6.00. The molecule has 0 saturated carbocycles.